The van der Waals surface area contributed by atoms with Gasteiger partial charge in [0.1, 0.15) is 5.75 Å². The first-order valence-electron chi connectivity index (χ1n) is 5.65. The van der Waals surface area contributed by atoms with Gasteiger partial charge in [-0.05, 0) is 24.6 Å². The number of nitrogens with two attached hydrogens (primary N) is 1. The highest BCUT2D eigenvalue weighted by molar-refractivity contribution is 5.98. The van der Waals surface area contributed by atoms with E-state index >= 15 is 0 Å². The Hall–Kier alpha value is -2.24. The van der Waals surface area contributed by atoms with E-state index in [9.17, 15) is 9.90 Å². The minimum Gasteiger partial charge on any atom is -0.508 e. The Labute approximate surface area is 105 Å². The van der Waals surface area contributed by atoms with Crippen molar-refractivity contribution in [1.29, 1.82) is 0 Å². The molecule has 0 saturated heterocycles. The summed E-state index contributed by atoms with van der Waals surface area (Å²) in [6.45, 7) is 1.93. The van der Waals surface area contributed by atoms with Crippen molar-refractivity contribution in [2.24, 2.45) is 10.9 Å². The SMILES string of the molecule is CCCC(NC(=O)c1cccc(O)c1)/C(N)=N/O. The van der Waals surface area contributed by atoms with Gasteiger partial charge in [-0.2, -0.15) is 0 Å². The maximum Gasteiger partial charge on any atom is 0.252 e. The zero-order valence-electron chi connectivity index (χ0n) is 10.1. The van der Waals surface area contributed by atoms with Crippen molar-refractivity contribution in [3.8, 4) is 5.75 Å². The van der Waals surface area contributed by atoms with Crippen molar-refractivity contribution in [3.05, 3.63) is 29.8 Å². The fourth-order valence-electron chi connectivity index (χ4n) is 1.54. The number of hydrogen-bond donors (Lipinski definition) is 4. The average Bonchev–Trinajstić information content (AvgIpc) is 2.37. The van der Waals surface area contributed by atoms with E-state index in [-0.39, 0.29) is 17.5 Å². The smallest absolute Gasteiger partial charge is 0.252 e. The van der Waals surface area contributed by atoms with Gasteiger partial charge in [0.05, 0.1) is 6.04 Å². The van der Waals surface area contributed by atoms with Crippen LogP contribution in [0.5, 0.6) is 5.75 Å². The lowest BCUT2D eigenvalue weighted by Crippen LogP contribution is -2.44. The van der Waals surface area contributed by atoms with Crippen molar-refractivity contribution in [1.82, 2.24) is 5.32 Å². The van der Waals surface area contributed by atoms with Gasteiger partial charge in [-0.1, -0.05) is 24.6 Å². The van der Waals surface area contributed by atoms with Gasteiger partial charge in [0.2, 0.25) is 0 Å². The number of amides is 1. The Balaban J connectivity index is 2.78. The second kappa shape index (κ2) is 6.48. The monoisotopic (exact) mass is 251 g/mol. The van der Waals surface area contributed by atoms with E-state index < -0.39 is 6.04 Å². The molecule has 0 spiro atoms. The van der Waals surface area contributed by atoms with Crippen molar-refractivity contribution in [2.75, 3.05) is 0 Å². The van der Waals surface area contributed by atoms with Crippen LogP contribution in [-0.4, -0.2) is 28.1 Å². The quantitative estimate of drug-likeness (QED) is 0.271. The summed E-state index contributed by atoms with van der Waals surface area (Å²) in [5, 5.41) is 23.5. The number of nitrogens with one attached hydrogen (secondary N) is 1. The Morgan fingerprint density at radius 1 is 1.56 bits per heavy atom. The van der Waals surface area contributed by atoms with Crippen molar-refractivity contribution >= 4 is 11.7 Å². The summed E-state index contributed by atoms with van der Waals surface area (Å²) in [7, 11) is 0. The van der Waals surface area contributed by atoms with E-state index in [0.717, 1.165) is 6.42 Å². The fourth-order valence-corrected chi connectivity index (χ4v) is 1.54. The van der Waals surface area contributed by atoms with Crippen molar-refractivity contribution in [3.63, 3.8) is 0 Å². The van der Waals surface area contributed by atoms with E-state index in [1.165, 1.54) is 12.1 Å². The normalized spacial score (nSPS) is 13.1. The Bertz CT molecular complexity index is 446. The summed E-state index contributed by atoms with van der Waals surface area (Å²) >= 11 is 0. The molecule has 1 unspecified atom stereocenters. The zero-order valence-corrected chi connectivity index (χ0v) is 10.1. The Morgan fingerprint density at radius 3 is 2.83 bits per heavy atom. The summed E-state index contributed by atoms with van der Waals surface area (Å²) in [5.74, 6) is -0.403. The van der Waals surface area contributed by atoms with E-state index in [2.05, 4.69) is 10.5 Å². The number of phenols is 1. The maximum atomic E-state index is 11.9. The number of carbonyl (C=O) groups excluding carboxylic acids is 1. The molecule has 0 aliphatic carbocycles. The number of oxime groups is 1. The van der Waals surface area contributed by atoms with Crippen LogP contribution in [0.4, 0.5) is 0 Å². The molecule has 0 aromatic heterocycles. The number of amidine groups is 1. The molecule has 1 aromatic carbocycles. The number of phenolic OH excluding ortho intramolecular Hbond substituents is 1. The lowest BCUT2D eigenvalue weighted by atomic mass is 10.1. The minimum atomic E-state index is -0.519. The third-order valence-corrected chi connectivity index (χ3v) is 2.46. The van der Waals surface area contributed by atoms with Gasteiger partial charge < -0.3 is 21.4 Å². The predicted octanol–water partition coefficient (Wildman–Crippen LogP) is 1.04. The number of nitrogens with zero attached hydrogens (tertiary/aromatic N) is 1. The molecule has 1 rings (SSSR count). The molecule has 98 valence electrons. The summed E-state index contributed by atoms with van der Waals surface area (Å²) in [4.78, 5) is 11.9. The lowest BCUT2D eigenvalue weighted by molar-refractivity contribution is 0.0944. The maximum absolute atomic E-state index is 11.9. The first kappa shape index (κ1) is 13.8. The van der Waals surface area contributed by atoms with Crippen LogP contribution in [-0.2, 0) is 0 Å². The topological polar surface area (TPSA) is 108 Å². The molecule has 0 heterocycles. The molecule has 1 amide bonds. The number of rotatable bonds is 5. The molecule has 1 aromatic rings. The average molecular weight is 251 g/mol. The van der Waals surface area contributed by atoms with Gasteiger partial charge in [0.15, 0.2) is 5.84 Å². The summed E-state index contributed by atoms with van der Waals surface area (Å²) < 4.78 is 0. The zero-order chi connectivity index (χ0) is 13.5. The highest BCUT2D eigenvalue weighted by Gasteiger charge is 2.17. The third kappa shape index (κ3) is 3.65. The number of carbonyl (C=O) groups is 1. The molecule has 6 nitrogen and oxygen atoms in total. The van der Waals surface area contributed by atoms with Gasteiger partial charge in [-0.15, -0.1) is 0 Å². The van der Waals surface area contributed by atoms with Gasteiger partial charge in [-0.25, -0.2) is 0 Å². The van der Waals surface area contributed by atoms with E-state index in [1.54, 1.807) is 12.1 Å². The molecule has 0 fully saturated rings. The van der Waals surface area contributed by atoms with E-state index in [0.29, 0.717) is 12.0 Å². The first-order valence-corrected chi connectivity index (χ1v) is 5.65. The molecule has 5 N–H and O–H groups in total. The predicted molar refractivity (Wildman–Crippen MR) is 67.7 cm³/mol. The molecule has 0 aliphatic rings. The first-order chi connectivity index (χ1) is 8.58. The standard InChI is InChI=1S/C12H17N3O3/c1-2-4-10(11(13)15-18)14-12(17)8-5-3-6-9(16)7-8/h3,5-7,10,16,18H,2,4H2,1H3,(H2,13,15)(H,14,17). The highest BCUT2D eigenvalue weighted by atomic mass is 16.4. The molecule has 0 saturated carbocycles. The van der Waals surface area contributed by atoms with Crippen molar-refractivity contribution in [2.45, 2.75) is 25.8 Å². The molecule has 18 heavy (non-hydrogen) atoms. The van der Waals surface area contributed by atoms with Crippen LogP contribution in [0.2, 0.25) is 0 Å². The van der Waals surface area contributed by atoms with E-state index in [1.807, 2.05) is 6.92 Å². The van der Waals surface area contributed by atoms with Crippen LogP contribution in [0.1, 0.15) is 30.1 Å². The summed E-state index contributed by atoms with van der Waals surface area (Å²) in [5.41, 5.74) is 5.82. The number of hydrogen-bond acceptors (Lipinski definition) is 4. The molecular weight excluding hydrogens is 234 g/mol. The van der Waals surface area contributed by atoms with Crippen LogP contribution in [0.3, 0.4) is 0 Å². The molecular formula is C12H17N3O3. The van der Waals surface area contributed by atoms with Crippen LogP contribution in [0.15, 0.2) is 29.4 Å². The highest BCUT2D eigenvalue weighted by Crippen LogP contribution is 2.11. The Kier molecular flexibility index (Phi) is 4.98. The second-order valence-electron chi connectivity index (χ2n) is 3.89. The van der Waals surface area contributed by atoms with Crippen molar-refractivity contribution < 1.29 is 15.1 Å². The third-order valence-electron chi connectivity index (χ3n) is 2.46. The van der Waals surface area contributed by atoms with Crippen LogP contribution in [0, 0.1) is 0 Å². The van der Waals surface area contributed by atoms with Crippen LogP contribution in [0.25, 0.3) is 0 Å². The van der Waals surface area contributed by atoms with Crippen LogP contribution < -0.4 is 11.1 Å². The number of aromatic hydroxyl groups is 1. The lowest BCUT2D eigenvalue weighted by Gasteiger charge is -2.16. The molecule has 0 aliphatic heterocycles. The molecule has 0 bridgehead atoms. The summed E-state index contributed by atoms with van der Waals surface area (Å²) in [6.07, 6.45) is 1.35. The molecule has 6 heteroatoms. The van der Waals surface area contributed by atoms with Crippen LogP contribution >= 0.6 is 0 Å². The largest absolute Gasteiger partial charge is 0.508 e. The minimum absolute atomic E-state index is 0.0125. The fraction of sp³-hybridized carbons (Fsp3) is 0.333. The Morgan fingerprint density at radius 2 is 2.28 bits per heavy atom. The molecule has 1 atom stereocenters. The van der Waals surface area contributed by atoms with Gasteiger partial charge in [0, 0.05) is 5.56 Å². The summed E-state index contributed by atoms with van der Waals surface area (Å²) in [6, 6.07) is 5.45. The van der Waals surface area contributed by atoms with Gasteiger partial charge >= 0.3 is 0 Å². The van der Waals surface area contributed by atoms with Gasteiger partial charge in [-0.3, -0.25) is 4.79 Å². The molecule has 0 radical (unpaired) electrons. The van der Waals surface area contributed by atoms with E-state index in [4.69, 9.17) is 10.9 Å². The second-order valence-corrected chi connectivity index (χ2v) is 3.89. The van der Waals surface area contributed by atoms with Gasteiger partial charge in [0.25, 0.3) is 5.91 Å². The number of benzene rings is 1.